The first kappa shape index (κ1) is 11.4. The van der Waals surface area contributed by atoms with Crippen LogP contribution in [-0.2, 0) is 11.2 Å². The van der Waals surface area contributed by atoms with Crippen molar-refractivity contribution >= 4 is 34.8 Å². The van der Waals surface area contributed by atoms with Gasteiger partial charge in [-0.05, 0) is 43.4 Å². The molecule has 0 atom stereocenters. The van der Waals surface area contributed by atoms with Crippen molar-refractivity contribution in [2.75, 3.05) is 11.4 Å². The molecule has 0 aromatic heterocycles. The first-order valence-electron chi connectivity index (χ1n) is 5.96. The molecule has 17 heavy (non-hydrogen) atoms. The highest BCUT2D eigenvalue weighted by molar-refractivity contribution is 6.37. The van der Waals surface area contributed by atoms with Gasteiger partial charge in [-0.25, -0.2) is 0 Å². The summed E-state index contributed by atoms with van der Waals surface area (Å²) >= 11 is 12.2. The van der Waals surface area contributed by atoms with Crippen LogP contribution in [0, 0.1) is 5.92 Å². The van der Waals surface area contributed by atoms with Crippen molar-refractivity contribution in [3.8, 4) is 0 Å². The molecule has 2 aliphatic rings. The molecule has 0 radical (unpaired) electrons. The second-order valence-corrected chi connectivity index (χ2v) is 5.61. The smallest absolute Gasteiger partial charge is 0.230 e. The van der Waals surface area contributed by atoms with Gasteiger partial charge >= 0.3 is 0 Å². The maximum Gasteiger partial charge on any atom is 0.230 e. The Balaban J connectivity index is 2.03. The van der Waals surface area contributed by atoms with Crippen LogP contribution in [0.2, 0.25) is 10.0 Å². The Morgan fingerprint density at radius 3 is 2.76 bits per heavy atom. The van der Waals surface area contributed by atoms with E-state index in [1.54, 1.807) is 6.07 Å². The Hall–Kier alpha value is -0.730. The number of hydrogen-bond acceptors (Lipinski definition) is 1. The second-order valence-electron chi connectivity index (χ2n) is 4.76. The number of carbonyl (C=O) groups excluding carboxylic acids is 1. The number of fused-ring (bicyclic) bond motifs is 1. The summed E-state index contributed by atoms with van der Waals surface area (Å²) in [6, 6.07) is 3.65. The Kier molecular flexibility index (Phi) is 2.80. The van der Waals surface area contributed by atoms with Crippen molar-refractivity contribution < 1.29 is 4.79 Å². The summed E-state index contributed by atoms with van der Waals surface area (Å²) in [5.74, 6) is 0.461. The number of benzene rings is 1. The van der Waals surface area contributed by atoms with Crippen LogP contribution in [0.1, 0.15) is 24.8 Å². The SMILES string of the molecule is O=C(C1CC1)N1CCCc2cc(Cl)cc(Cl)c21. The molecule has 2 nitrogen and oxygen atoms in total. The third-order valence-corrected chi connectivity index (χ3v) is 3.90. The average Bonchev–Trinajstić information content (AvgIpc) is 3.10. The number of amides is 1. The van der Waals surface area contributed by atoms with Gasteiger partial charge in [-0.1, -0.05) is 23.2 Å². The summed E-state index contributed by atoms with van der Waals surface area (Å²) in [6.45, 7) is 0.781. The third kappa shape index (κ3) is 2.04. The van der Waals surface area contributed by atoms with E-state index in [4.69, 9.17) is 23.2 Å². The maximum absolute atomic E-state index is 12.2. The Labute approximate surface area is 111 Å². The van der Waals surface area contributed by atoms with Crippen molar-refractivity contribution in [2.24, 2.45) is 5.92 Å². The van der Waals surface area contributed by atoms with Crippen molar-refractivity contribution in [3.05, 3.63) is 27.7 Å². The van der Waals surface area contributed by atoms with Gasteiger partial charge in [-0.2, -0.15) is 0 Å². The molecule has 1 amide bonds. The topological polar surface area (TPSA) is 20.3 Å². The van der Waals surface area contributed by atoms with E-state index in [1.165, 1.54) is 0 Å². The molecule has 0 N–H and O–H groups in total. The number of hydrogen-bond donors (Lipinski definition) is 0. The highest BCUT2D eigenvalue weighted by atomic mass is 35.5. The number of aryl methyl sites for hydroxylation is 1. The van der Waals surface area contributed by atoms with Gasteiger partial charge in [-0.3, -0.25) is 4.79 Å². The van der Waals surface area contributed by atoms with E-state index >= 15 is 0 Å². The predicted octanol–water partition coefficient (Wildman–Crippen LogP) is 3.68. The summed E-state index contributed by atoms with van der Waals surface area (Å²) < 4.78 is 0. The Morgan fingerprint density at radius 1 is 1.29 bits per heavy atom. The molecule has 0 bridgehead atoms. The number of carbonyl (C=O) groups is 1. The van der Waals surface area contributed by atoms with Gasteiger partial charge < -0.3 is 4.90 Å². The fraction of sp³-hybridized carbons (Fsp3) is 0.462. The van der Waals surface area contributed by atoms with E-state index in [1.807, 2.05) is 11.0 Å². The number of halogens is 2. The van der Waals surface area contributed by atoms with E-state index in [0.717, 1.165) is 43.5 Å². The summed E-state index contributed by atoms with van der Waals surface area (Å²) in [6.07, 6.45) is 3.98. The lowest BCUT2D eigenvalue weighted by Crippen LogP contribution is -2.36. The molecule has 0 unspecified atom stereocenters. The van der Waals surface area contributed by atoms with Crippen molar-refractivity contribution in [1.82, 2.24) is 0 Å². The van der Waals surface area contributed by atoms with Crippen LogP contribution in [0.25, 0.3) is 0 Å². The standard InChI is InChI=1S/C13H13Cl2NO/c14-10-6-9-2-1-5-16(12(9)11(15)7-10)13(17)8-3-4-8/h6-8H,1-5H2. The van der Waals surface area contributed by atoms with E-state index in [0.29, 0.717) is 10.0 Å². The summed E-state index contributed by atoms with van der Waals surface area (Å²) in [5, 5.41) is 1.25. The molecule has 0 saturated heterocycles. The number of nitrogens with zero attached hydrogens (tertiary/aromatic N) is 1. The first-order chi connectivity index (χ1) is 8.16. The molecule has 0 spiro atoms. The zero-order chi connectivity index (χ0) is 12.0. The minimum Gasteiger partial charge on any atom is -0.310 e. The Bertz CT molecular complexity index is 483. The van der Waals surface area contributed by atoms with Crippen LogP contribution in [-0.4, -0.2) is 12.5 Å². The van der Waals surface area contributed by atoms with E-state index in [-0.39, 0.29) is 11.8 Å². The fourth-order valence-electron chi connectivity index (χ4n) is 2.42. The molecule has 4 heteroatoms. The molecule has 1 saturated carbocycles. The Morgan fingerprint density at radius 2 is 2.06 bits per heavy atom. The lowest BCUT2D eigenvalue weighted by atomic mass is 10.0. The second kappa shape index (κ2) is 4.18. The van der Waals surface area contributed by atoms with Gasteiger partial charge in [0.1, 0.15) is 0 Å². The maximum atomic E-state index is 12.2. The quantitative estimate of drug-likeness (QED) is 0.762. The van der Waals surface area contributed by atoms with Crippen LogP contribution < -0.4 is 4.90 Å². The molecule has 1 aromatic rings. The lowest BCUT2D eigenvalue weighted by Gasteiger charge is -2.30. The van der Waals surface area contributed by atoms with Crippen LogP contribution in [0.5, 0.6) is 0 Å². The number of anilines is 1. The predicted molar refractivity (Wildman–Crippen MR) is 69.9 cm³/mol. The van der Waals surface area contributed by atoms with Gasteiger partial charge in [0.2, 0.25) is 5.91 Å². The molecule has 1 heterocycles. The van der Waals surface area contributed by atoms with Crippen LogP contribution in [0.4, 0.5) is 5.69 Å². The zero-order valence-corrected chi connectivity index (χ0v) is 10.9. The normalized spacial score (nSPS) is 19.1. The summed E-state index contributed by atoms with van der Waals surface area (Å²) in [7, 11) is 0. The van der Waals surface area contributed by atoms with Crippen molar-refractivity contribution in [1.29, 1.82) is 0 Å². The molecule has 1 fully saturated rings. The molecular weight excluding hydrogens is 257 g/mol. The minimum atomic E-state index is 0.229. The van der Waals surface area contributed by atoms with Gasteiger partial charge in [0.05, 0.1) is 10.7 Å². The summed E-state index contributed by atoms with van der Waals surface area (Å²) in [5.41, 5.74) is 1.99. The molecule has 90 valence electrons. The molecule has 3 rings (SSSR count). The molecule has 1 aliphatic heterocycles. The lowest BCUT2D eigenvalue weighted by molar-refractivity contribution is -0.119. The number of rotatable bonds is 1. The van der Waals surface area contributed by atoms with Gasteiger partial charge in [0, 0.05) is 17.5 Å². The minimum absolute atomic E-state index is 0.229. The monoisotopic (exact) mass is 269 g/mol. The van der Waals surface area contributed by atoms with E-state index < -0.39 is 0 Å². The molecule has 1 aromatic carbocycles. The molecular formula is C13H13Cl2NO. The highest BCUT2D eigenvalue weighted by Crippen LogP contribution is 2.40. The largest absolute Gasteiger partial charge is 0.310 e. The molecule has 1 aliphatic carbocycles. The third-order valence-electron chi connectivity index (χ3n) is 3.40. The summed E-state index contributed by atoms with van der Waals surface area (Å²) in [4.78, 5) is 14.1. The van der Waals surface area contributed by atoms with Crippen LogP contribution >= 0.6 is 23.2 Å². The van der Waals surface area contributed by atoms with Crippen molar-refractivity contribution in [3.63, 3.8) is 0 Å². The van der Waals surface area contributed by atoms with Crippen molar-refractivity contribution in [2.45, 2.75) is 25.7 Å². The van der Waals surface area contributed by atoms with Gasteiger partial charge in [0.15, 0.2) is 0 Å². The fourth-order valence-corrected chi connectivity index (χ4v) is 3.06. The zero-order valence-electron chi connectivity index (χ0n) is 9.38. The van der Waals surface area contributed by atoms with Crippen LogP contribution in [0.3, 0.4) is 0 Å². The first-order valence-corrected chi connectivity index (χ1v) is 6.71. The van der Waals surface area contributed by atoms with E-state index in [9.17, 15) is 4.79 Å². The van der Waals surface area contributed by atoms with Gasteiger partial charge in [-0.15, -0.1) is 0 Å². The average molecular weight is 270 g/mol. The highest BCUT2D eigenvalue weighted by Gasteiger charge is 2.36. The van der Waals surface area contributed by atoms with Crippen LogP contribution in [0.15, 0.2) is 12.1 Å². The van der Waals surface area contributed by atoms with E-state index in [2.05, 4.69) is 0 Å². The van der Waals surface area contributed by atoms with Gasteiger partial charge in [0.25, 0.3) is 0 Å².